The van der Waals surface area contributed by atoms with Gasteiger partial charge < -0.3 is 28.8 Å². The van der Waals surface area contributed by atoms with Crippen molar-refractivity contribution in [3.63, 3.8) is 0 Å². The average molecular weight is 968 g/mol. The highest BCUT2D eigenvalue weighted by molar-refractivity contribution is 9.11. The molecule has 2 aromatic heterocycles. The lowest BCUT2D eigenvalue weighted by Gasteiger charge is -2.28. The zero-order valence-corrected chi connectivity index (χ0v) is 39.4. The summed E-state index contributed by atoms with van der Waals surface area (Å²) in [5.74, 6) is -1.06. The molecule has 56 heavy (non-hydrogen) atoms. The predicted molar refractivity (Wildman–Crippen MR) is 234 cm³/mol. The lowest BCUT2D eigenvalue weighted by Crippen LogP contribution is -2.36. The molecule has 0 unspecified atom stereocenters. The molecule has 0 aliphatic carbocycles. The Morgan fingerprint density at radius 3 is 1.50 bits per heavy atom. The molecule has 0 bridgehead atoms. The standard InChI is InChI=1S/C16H17BrO5S.C14H13BrO4S.C8H19N.C2H5ClO/c1-9(16(19)21-3)4-12(18)15-6-10-5-13(22-8-20-2)11(17)7-14(10)23-15;1-7(14(18)19-2)3-11(17)13-5-8-4-10(16)9(15)6-12(8)20-13;1-6-9(7(2)3)8(4)5;1-4-2-3/h5-7,9H,4,8H2,1-3H3;4-7,16H,3H2,1-2H3;7-8H,6H2,1-5H3;2H2,1H3/t9-;7-;;/m00../s1. The number of phenols is 1. The largest absolute Gasteiger partial charge is 0.507 e. The molecule has 1 N–H and O–H groups in total. The summed E-state index contributed by atoms with van der Waals surface area (Å²) in [6.45, 7) is 15.8. The van der Waals surface area contributed by atoms with Gasteiger partial charge in [-0.1, -0.05) is 32.4 Å². The van der Waals surface area contributed by atoms with Crippen LogP contribution in [0.3, 0.4) is 0 Å². The van der Waals surface area contributed by atoms with Crippen LogP contribution in [-0.2, 0) is 28.5 Å². The van der Waals surface area contributed by atoms with Crippen molar-refractivity contribution in [1.82, 2.24) is 4.90 Å². The maximum atomic E-state index is 12.3. The summed E-state index contributed by atoms with van der Waals surface area (Å²) in [7, 11) is 5.73. The predicted octanol–water partition coefficient (Wildman–Crippen LogP) is 10.7. The van der Waals surface area contributed by atoms with Crippen molar-refractivity contribution < 1.29 is 48.0 Å². The van der Waals surface area contributed by atoms with Gasteiger partial charge in [0.1, 0.15) is 17.6 Å². The number of phenolic OH excluding ortho intramolecular Hbond substituents is 1. The first-order valence-corrected chi connectivity index (χ1v) is 21.4. The molecular formula is C40H54Br2ClNO10S2. The van der Waals surface area contributed by atoms with E-state index in [4.69, 9.17) is 21.1 Å². The van der Waals surface area contributed by atoms with Crippen LogP contribution in [0.25, 0.3) is 20.2 Å². The van der Waals surface area contributed by atoms with Crippen molar-refractivity contribution in [2.45, 2.75) is 73.4 Å². The van der Waals surface area contributed by atoms with E-state index in [1.165, 1.54) is 36.9 Å². The highest BCUT2D eigenvalue weighted by atomic mass is 79.9. The maximum absolute atomic E-state index is 12.3. The van der Waals surface area contributed by atoms with Gasteiger partial charge in [0.2, 0.25) is 0 Å². The van der Waals surface area contributed by atoms with E-state index < -0.39 is 11.8 Å². The van der Waals surface area contributed by atoms with Gasteiger partial charge in [0.05, 0.1) is 44.8 Å². The SMILES string of the molecule is CCN(C(C)C)C(C)C.COC(=O)[C@@H](C)CC(=O)c1cc2cc(O)c(Br)cc2s1.COCCl.COCOc1cc2cc(C(=O)C[C@H](C)C(=O)OC)sc2cc1Br. The molecule has 0 amide bonds. The summed E-state index contributed by atoms with van der Waals surface area (Å²) in [4.78, 5) is 50.9. The first-order valence-electron chi connectivity index (χ1n) is 17.7. The van der Waals surface area contributed by atoms with E-state index in [0.29, 0.717) is 38.1 Å². The summed E-state index contributed by atoms with van der Waals surface area (Å²) >= 11 is 14.4. The fourth-order valence-corrected chi connectivity index (χ4v) is 8.42. The van der Waals surface area contributed by atoms with E-state index in [-0.39, 0.29) is 48.9 Å². The van der Waals surface area contributed by atoms with E-state index in [1.807, 2.05) is 18.2 Å². The normalized spacial score (nSPS) is 11.9. The summed E-state index contributed by atoms with van der Waals surface area (Å²) in [6, 6.07) is 12.4. The van der Waals surface area contributed by atoms with Crippen LogP contribution in [-0.4, -0.2) is 93.4 Å². The van der Waals surface area contributed by atoms with E-state index >= 15 is 0 Å². The smallest absolute Gasteiger partial charge is 0.308 e. The number of benzene rings is 2. The second kappa shape index (κ2) is 26.4. The molecule has 2 aromatic carbocycles. The van der Waals surface area contributed by atoms with E-state index in [1.54, 1.807) is 46.3 Å². The van der Waals surface area contributed by atoms with Gasteiger partial charge in [-0.2, -0.15) is 0 Å². The van der Waals surface area contributed by atoms with Crippen LogP contribution < -0.4 is 4.74 Å². The van der Waals surface area contributed by atoms with Gasteiger partial charge in [-0.3, -0.25) is 24.1 Å². The number of esters is 2. The van der Waals surface area contributed by atoms with Crippen molar-refractivity contribution in [3.8, 4) is 11.5 Å². The van der Waals surface area contributed by atoms with Crippen molar-refractivity contribution in [3.05, 3.63) is 55.1 Å². The number of methoxy groups -OCH3 is 4. The Morgan fingerprint density at radius 1 is 0.714 bits per heavy atom. The Kier molecular flexibility index (Phi) is 24.2. The Hall–Kier alpha value is -2.63. The minimum atomic E-state index is -0.460. The maximum Gasteiger partial charge on any atom is 0.308 e. The number of hydrogen-bond donors (Lipinski definition) is 1. The molecule has 2 atom stereocenters. The van der Waals surface area contributed by atoms with Gasteiger partial charge >= 0.3 is 11.9 Å². The highest BCUT2D eigenvalue weighted by Gasteiger charge is 2.22. The summed E-state index contributed by atoms with van der Waals surface area (Å²) in [5.41, 5.74) is 0. The molecule has 0 saturated carbocycles. The molecule has 0 fully saturated rings. The van der Waals surface area contributed by atoms with Crippen molar-refractivity contribution in [1.29, 1.82) is 0 Å². The fraction of sp³-hybridized carbons (Fsp3) is 0.500. The third kappa shape index (κ3) is 16.7. The third-order valence-corrected chi connectivity index (χ3v) is 11.8. The molecule has 0 aliphatic rings. The number of fused-ring (bicyclic) bond motifs is 2. The van der Waals surface area contributed by atoms with Crippen LogP contribution in [0, 0.1) is 11.8 Å². The molecule has 2 heterocycles. The molecular weight excluding hydrogens is 914 g/mol. The number of hydrogen-bond acceptors (Lipinski definition) is 13. The number of ether oxygens (including phenoxy) is 5. The van der Waals surface area contributed by atoms with E-state index in [9.17, 15) is 24.3 Å². The third-order valence-electron chi connectivity index (χ3n) is 8.03. The topological polar surface area (TPSA) is 138 Å². The molecule has 16 heteroatoms. The highest BCUT2D eigenvalue weighted by Crippen LogP contribution is 2.36. The van der Waals surface area contributed by atoms with Crippen molar-refractivity contribution in [2.24, 2.45) is 11.8 Å². The Morgan fingerprint density at radius 2 is 1.14 bits per heavy atom. The molecule has 11 nitrogen and oxygen atoms in total. The Labute approximate surface area is 360 Å². The number of aromatic hydroxyl groups is 1. The quantitative estimate of drug-likeness (QED) is 0.0527. The monoisotopic (exact) mass is 965 g/mol. The van der Waals surface area contributed by atoms with Crippen LogP contribution in [0.5, 0.6) is 11.5 Å². The van der Waals surface area contributed by atoms with Crippen LogP contribution >= 0.6 is 66.1 Å². The number of alkyl halides is 1. The number of thiophene rings is 2. The van der Waals surface area contributed by atoms with Gasteiger partial charge in [0.15, 0.2) is 18.4 Å². The number of carbonyl (C=O) groups is 4. The average Bonchev–Trinajstić information content (AvgIpc) is 3.77. The molecule has 4 rings (SSSR count). The summed E-state index contributed by atoms with van der Waals surface area (Å²) in [5, 5.41) is 11.4. The molecule has 0 saturated heterocycles. The lowest BCUT2D eigenvalue weighted by atomic mass is 10.0. The van der Waals surface area contributed by atoms with Crippen molar-refractivity contribution in [2.75, 3.05) is 47.8 Å². The second-order valence-corrected chi connectivity index (χ2v) is 17.0. The van der Waals surface area contributed by atoms with Gasteiger partial charge in [0.25, 0.3) is 0 Å². The number of Topliss-reactive ketones (excluding diaryl/α,β-unsaturated/α-hetero) is 2. The van der Waals surface area contributed by atoms with Gasteiger partial charge in [-0.25, -0.2) is 0 Å². The number of carbonyl (C=O) groups excluding carboxylic acids is 4. The molecule has 0 radical (unpaired) electrons. The minimum Gasteiger partial charge on any atom is -0.507 e. The number of nitrogens with zero attached hydrogens (tertiary/aromatic N) is 1. The zero-order valence-electron chi connectivity index (χ0n) is 33.8. The lowest BCUT2D eigenvalue weighted by molar-refractivity contribution is -0.145. The molecule has 0 aliphatic heterocycles. The molecule has 0 spiro atoms. The zero-order chi connectivity index (χ0) is 42.7. The summed E-state index contributed by atoms with van der Waals surface area (Å²) in [6.07, 6.45) is 0.250. The molecule has 312 valence electrons. The fourth-order valence-electron chi connectivity index (χ4n) is 5.25. The summed E-state index contributed by atoms with van der Waals surface area (Å²) < 4.78 is 27.2. The van der Waals surface area contributed by atoms with Crippen molar-refractivity contribution >= 4 is 110 Å². The first-order chi connectivity index (χ1) is 26.4. The Balaban J connectivity index is 0.000000431. The minimum absolute atomic E-state index is 0.0698. The second-order valence-electron chi connectivity index (χ2n) is 13.0. The van der Waals surface area contributed by atoms with Gasteiger partial charge in [-0.05, 0) is 113 Å². The van der Waals surface area contributed by atoms with Crippen LogP contribution in [0.15, 0.2) is 45.3 Å². The number of halogens is 3. The van der Waals surface area contributed by atoms with E-state index in [2.05, 4.69) is 85.6 Å². The van der Waals surface area contributed by atoms with Gasteiger partial charge in [0, 0.05) is 48.5 Å². The van der Waals surface area contributed by atoms with Crippen LogP contribution in [0.2, 0.25) is 0 Å². The number of rotatable bonds is 15. The molecule has 4 aromatic rings. The van der Waals surface area contributed by atoms with Crippen LogP contribution in [0.1, 0.15) is 80.7 Å². The Bertz CT molecular complexity index is 1810. The van der Waals surface area contributed by atoms with Crippen LogP contribution in [0.4, 0.5) is 0 Å². The van der Waals surface area contributed by atoms with E-state index in [0.717, 1.165) is 31.2 Å². The number of ketones is 2. The first kappa shape index (κ1) is 51.4. The van der Waals surface area contributed by atoms with Gasteiger partial charge in [-0.15, -0.1) is 22.7 Å².